The minimum Gasteiger partial charge on any atom is -0.490 e. The second-order valence-corrected chi connectivity index (χ2v) is 9.02. The second-order valence-electron chi connectivity index (χ2n) is 6.47. The van der Waals surface area contributed by atoms with Crippen LogP contribution >= 0.6 is 55.1 Å². The Kier molecular flexibility index (Phi) is 8.99. The fourth-order valence-corrected chi connectivity index (χ4v) is 4.23. The normalized spacial score (nSPS) is 10.9. The van der Waals surface area contributed by atoms with E-state index in [1.807, 2.05) is 25.1 Å². The Morgan fingerprint density at radius 3 is 2.56 bits per heavy atom. The van der Waals surface area contributed by atoms with Gasteiger partial charge in [-0.15, -0.1) is 0 Å². The number of carbonyl (C=O) groups is 1. The van der Waals surface area contributed by atoms with E-state index in [1.54, 1.807) is 36.4 Å². The molecule has 0 heterocycles. The smallest absolute Gasteiger partial charge is 0.272 e. The first-order chi connectivity index (χ1) is 15.4. The van der Waals surface area contributed by atoms with Crippen LogP contribution in [-0.4, -0.2) is 18.7 Å². The summed E-state index contributed by atoms with van der Waals surface area (Å²) in [6.45, 7) is 2.57. The highest BCUT2D eigenvalue weighted by Crippen LogP contribution is 2.37. The summed E-state index contributed by atoms with van der Waals surface area (Å²) >= 11 is 19.1. The van der Waals surface area contributed by atoms with Crippen molar-refractivity contribution < 1.29 is 14.3 Å². The van der Waals surface area contributed by atoms with E-state index in [0.29, 0.717) is 48.2 Å². The van der Waals surface area contributed by atoms with E-state index in [4.69, 9.17) is 32.7 Å². The molecule has 3 rings (SSSR count). The van der Waals surface area contributed by atoms with Crippen molar-refractivity contribution in [3.63, 3.8) is 0 Å². The molecule has 3 aromatic carbocycles. The average Bonchev–Trinajstić information content (AvgIpc) is 2.75. The van der Waals surface area contributed by atoms with Crippen LogP contribution in [-0.2, 0) is 6.61 Å². The third kappa shape index (κ3) is 6.48. The summed E-state index contributed by atoms with van der Waals surface area (Å²) in [5.41, 5.74) is 4.52. The molecule has 0 saturated carbocycles. The number of hydrazone groups is 1. The summed E-state index contributed by atoms with van der Waals surface area (Å²) in [7, 11) is 0. The lowest BCUT2D eigenvalue weighted by atomic mass is 10.2. The molecule has 0 aliphatic heterocycles. The standard InChI is InChI=1S/C23H18Br2Cl2N2O3/c1-2-31-21-10-14(12-28-29-23(30)17-5-3-4-6-18(17)24)9-19(25)22(21)32-13-15-7-8-16(26)11-20(15)27/h3-12H,2,13H2,1H3,(H,29,30)/b28-12-. The highest BCUT2D eigenvalue weighted by molar-refractivity contribution is 9.10. The average molecular weight is 601 g/mol. The predicted molar refractivity (Wildman–Crippen MR) is 135 cm³/mol. The lowest BCUT2D eigenvalue weighted by Gasteiger charge is -2.15. The first kappa shape index (κ1) is 24.6. The highest BCUT2D eigenvalue weighted by Gasteiger charge is 2.14. The summed E-state index contributed by atoms with van der Waals surface area (Å²) in [5.74, 6) is 0.746. The molecule has 32 heavy (non-hydrogen) atoms. The molecule has 0 radical (unpaired) electrons. The molecule has 0 aromatic heterocycles. The molecule has 0 unspecified atom stereocenters. The predicted octanol–water partition coefficient (Wildman–Crippen LogP) is 7.26. The zero-order chi connectivity index (χ0) is 23.1. The lowest BCUT2D eigenvalue weighted by Crippen LogP contribution is -2.18. The Hall–Kier alpha value is -2.06. The maximum atomic E-state index is 12.3. The molecule has 9 heteroatoms. The van der Waals surface area contributed by atoms with E-state index in [2.05, 4.69) is 42.4 Å². The van der Waals surface area contributed by atoms with Gasteiger partial charge in [0.2, 0.25) is 0 Å². The van der Waals surface area contributed by atoms with Crippen molar-refractivity contribution in [1.82, 2.24) is 5.43 Å². The molecule has 5 nitrogen and oxygen atoms in total. The van der Waals surface area contributed by atoms with E-state index < -0.39 is 0 Å². The number of rotatable bonds is 8. The fraction of sp³-hybridized carbons (Fsp3) is 0.130. The summed E-state index contributed by atoms with van der Waals surface area (Å²) in [5, 5.41) is 5.14. The highest BCUT2D eigenvalue weighted by atomic mass is 79.9. The topological polar surface area (TPSA) is 59.9 Å². The zero-order valence-corrected chi connectivity index (χ0v) is 21.6. The van der Waals surface area contributed by atoms with Crippen LogP contribution in [0.2, 0.25) is 10.0 Å². The fourth-order valence-electron chi connectivity index (χ4n) is 2.73. The summed E-state index contributed by atoms with van der Waals surface area (Å²) in [6, 6.07) is 15.9. The van der Waals surface area contributed by atoms with Crippen LogP contribution in [0.15, 0.2) is 68.6 Å². The van der Waals surface area contributed by atoms with E-state index >= 15 is 0 Å². The van der Waals surface area contributed by atoms with Crippen LogP contribution < -0.4 is 14.9 Å². The van der Waals surface area contributed by atoms with Gasteiger partial charge in [0, 0.05) is 20.1 Å². The molecule has 0 aliphatic carbocycles. The van der Waals surface area contributed by atoms with Gasteiger partial charge in [-0.3, -0.25) is 4.79 Å². The van der Waals surface area contributed by atoms with Gasteiger partial charge in [0.15, 0.2) is 11.5 Å². The number of ether oxygens (including phenoxy) is 2. The van der Waals surface area contributed by atoms with Crippen LogP contribution in [0.5, 0.6) is 11.5 Å². The Bertz CT molecular complexity index is 1160. The maximum Gasteiger partial charge on any atom is 0.272 e. The lowest BCUT2D eigenvalue weighted by molar-refractivity contribution is 0.0954. The minimum atomic E-state index is -0.322. The quantitative estimate of drug-likeness (QED) is 0.219. The third-order valence-electron chi connectivity index (χ3n) is 4.22. The van der Waals surface area contributed by atoms with Crippen molar-refractivity contribution in [2.75, 3.05) is 6.61 Å². The van der Waals surface area contributed by atoms with E-state index in [1.165, 1.54) is 6.21 Å². The molecule has 0 saturated heterocycles. The Morgan fingerprint density at radius 1 is 1.06 bits per heavy atom. The van der Waals surface area contributed by atoms with Crippen molar-refractivity contribution >= 4 is 67.2 Å². The Morgan fingerprint density at radius 2 is 1.84 bits per heavy atom. The number of benzene rings is 3. The number of carbonyl (C=O) groups excluding carboxylic acids is 1. The van der Waals surface area contributed by atoms with Crippen LogP contribution in [0.3, 0.4) is 0 Å². The first-order valence-electron chi connectivity index (χ1n) is 9.50. The SMILES string of the molecule is CCOc1cc(/C=N\NC(=O)c2ccccc2Br)cc(Br)c1OCc1ccc(Cl)cc1Cl. The van der Waals surface area contributed by atoms with Crippen LogP contribution in [0.4, 0.5) is 0 Å². The molecule has 3 aromatic rings. The molecule has 0 spiro atoms. The number of amides is 1. The van der Waals surface area contributed by atoms with E-state index in [9.17, 15) is 4.79 Å². The summed E-state index contributed by atoms with van der Waals surface area (Å²) in [4.78, 5) is 12.3. The van der Waals surface area contributed by atoms with Gasteiger partial charge in [-0.25, -0.2) is 5.43 Å². The van der Waals surface area contributed by atoms with Gasteiger partial charge in [-0.05, 0) is 80.7 Å². The molecular formula is C23H18Br2Cl2N2O3. The van der Waals surface area contributed by atoms with Crippen LogP contribution in [0, 0.1) is 0 Å². The number of nitrogens with zero attached hydrogens (tertiary/aromatic N) is 1. The second kappa shape index (κ2) is 11.7. The van der Waals surface area contributed by atoms with Crippen LogP contribution in [0.25, 0.3) is 0 Å². The zero-order valence-electron chi connectivity index (χ0n) is 16.9. The van der Waals surface area contributed by atoms with Gasteiger partial charge in [0.25, 0.3) is 5.91 Å². The summed E-state index contributed by atoms with van der Waals surface area (Å²) < 4.78 is 13.1. The molecule has 1 amide bonds. The number of nitrogens with one attached hydrogen (secondary N) is 1. The van der Waals surface area contributed by atoms with Gasteiger partial charge >= 0.3 is 0 Å². The first-order valence-corrected chi connectivity index (χ1v) is 11.8. The molecule has 1 N–H and O–H groups in total. The van der Waals surface area contributed by atoms with Gasteiger partial charge in [0.1, 0.15) is 6.61 Å². The number of hydrogen-bond donors (Lipinski definition) is 1. The van der Waals surface area contributed by atoms with Crippen molar-refractivity contribution in [1.29, 1.82) is 0 Å². The van der Waals surface area contributed by atoms with Gasteiger partial charge in [-0.2, -0.15) is 5.10 Å². The Labute approximate surface area is 213 Å². The molecule has 0 fully saturated rings. The van der Waals surface area contributed by atoms with Crippen molar-refractivity contribution in [3.8, 4) is 11.5 Å². The molecule has 0 atom stereocenters. The van der Waals surface area contributed by atoms with E-state index in [0.717, 1.165) is 5.56 Å². The van der Waals surface area contributed by atoms with Crippen LogP contribution in [0.1, 0.15) is 28.4 Å². The van der Waals surface area contributed by atoms with E-state index in [-0.39, 0.29) is 12.5 Å². The maximum absolute atomic E-state index is 12.3. The molecule has 166 valence electrons. The minimum absolute atomic E-state index is 0.240. The van der Waals surface area contributed by atoms with Crippen molar-refractivity contribution in [2.45, 2.75) is 13.5 Å². The molecule has 0 bridgehead atoms. The third-order valence-corrected chi connectivity index (χ3v) is 6.08. The van der Waals surface area contributed by atoms with Crippen molar-refractivity contribution in [3.05, 3.63) is 90.3 Å². The van der Waals surface area contributed by atoms with Crippen molar-refractivity contribution in [2.24, 2.45) is 5.10 Å². The largest absolute Gasteiger partial charge is 0.490 e. The van der Waals surface area contributed by atoms with Gasteiger partial charge < -0.3 is 9.47 Å². The Balaban J connectivity index is 1.75. The van der Waals surface area contributed by atoms with Gasteiger partial charge in [0.05, 0.1) is 22.9 Å². The number of hydrogen-bond acceptors (Lipinski definition) is 4. The summed E-state index contributed by atoms with van der Waals surface area (Å²) in [6.07, 6.45) is 1.53. The monoisotopic (exact) mass is 598 g/mol. The molecular weight excluding hydrogens is 583 g/mol. The van der Waals surface area contributed by atoms with Gasteiger partial charge in [-0.1, -0.05) is 41.4 Å². The molecule has 0 aliphatic rings. The number of halogens is 4.